The minimum atomic E-state index is -0.0860. The van der Waals surface area contributed by atoms with Gasteiger partial charge < -0.3 is 11.1 Å². The van der Waals surface area contributed by atoms with Crippen LogP contribution in [0.5, 0.6) is 0 Å². The molecular formula is C21H32N4OS. The van der Waals surface area contributed by atoms with Crippen LogP contribution in [0.1, 0.15) is 76.2 Å². The number of nitrogens with two attached hydrogens (primary N) is 1. The van der Waals surface area contributed by atoms with E-state index in [0.717, 1.165) is 29.3 Å². The van der Waals surface area contributed by atoms with Crippen LogP contribution in [0.3, 0.4) is 0 Å². The van der Waals surface area contributed by atoms with Gasteiger partial charge >= 0.3 is 0 Å². The molecule has 5 aliphatic rings. The first kappa shape index (κ1) is 17.8. The lowest BCUT2D eigenvalue weighted by Gasteiger charge is -2.57. The normalized spacial score (nSPS) is 36.3. The molecule has 5 aliphatic carbocycles. The number of amidine groups is 1. The second-order valence-electron chi connectivity index (χ2n) is 9.79. The van der Waals surface area contributed by atoms with Gasteiger partial charge in [-0.05, 0) is 86.6 Å². The Balaban J connectivity index is 1.35. The number of hydrogen-bond donors (Lipinski definition) is 3. The zero-order valence-electron chi connectivity index (χ0n) is 16.1. The molecule has 0 saturated heterocycles. The van der Waals surface area contributed by atoms with Gasteiger partial charge in [-0.3, -0.25) is 14.2 Å². The Morgan fingerprint density at radius 2 is 1.74 bits per heavy atom. The van der Waals surface area contributed by atoms with Crippen molar-refractivity contribution in [1.82, 2.24) is 4.37 Å². The summed E-state index contributed by atoms with van der Waals surface area (Å²) >= 11 is 1.41. The van der Waals surface area contributed by atoms with Crippen LogP contribution in [0.15, 0.2) is 9.79 Å². The molecule has 5 saturated carbocycles. The van der Waals surface area contributed by atoms with Crippen molar-refractivity contribution in [1.29, 1.82) is 0 Å². The van der Waals surface area contributed by atoms with Gasteiger partial charge in [-0.1, -0.05) is 19.3 Å². The lowest BCUT2D eigenvalue weighted by atomic mass is 9.53. The number of H-pyrrole nitrogens is 1. The van der Waals surface area contributed by atoms with Gasteiger partial charge in [0.15, 0.2) is 0 Å². The first-order chi connectivity index (χ1) is 13.1. The standard InChI is InChI=1S/C21H32N4OS/c22-18(23-12-13-4-2-1-3-5-13)17-19(26)25-27-20(17)24-21-9-14-6-15(10-21)8-16(7-14)11-21/h13-16,24H,1-12H2,(H2,22,23)(H,25,26). The average molecular weight is 389 g/mol. The SMILES string of the molecule is NC(=NCC1CCCCC1)c1c(NC23CC4CC(CC(C4)C2)C3)s[nH]c1=O. The molecule has 0 atom stereocenters. The van der Waals surface area contributed by atoms with Gasteiger partial charge in [-0.2, -0.15) is 0 Å². The van der Waals surface area contributed by atoms with Crippen molar-refractivity contribution in [3.05, 3.63) is 15.9 Å². The summed E-state index contributed by atoms with van der Waals surface area (Å²) in [6, 6.07) is 0. The summed E-state index contributed by atoms with van der Waals surface area (Å²) in [7, 11) is 0. The van der Waals surface area contributed by atoms with Crippen LogP contribution in [0.25, 0.3) is 0 Å². The van der Waals surface area contributed by atoms with Crippen molar-refractivity contribution in [2.75, 3.05) is 11.9 Å². The molecule has 0 amide bonds. The molecule has 0 radical (unpaired) electrons. The van der Waals surface area contributed by atoms with E-state index < -0.39 is 0 Å². The monoisotopic (exact) mass is 388 g/mol. The maximum atomic E-state index is 12.5. The highest BCUT2D eigenvalue weighted by atomic mass is 32.1. The number of rotatable bonds is 5. The number of aliphatic imine (C=N–C) groups is 1. The van der Waals surface area contributed by atoms with Crippen molar-refractivity contribution in [2.24, 2.45) is 34.4 Å². The zero-order chi connectivity index (χ0) is 18.4. The number of aromatic nitrogens is 1. The van der Waals surface area contributed by atoms with Gasteiger partial charge in [-0.25, -0.2) is 0 Å². The van der Waals surface area contributed by atoms with E-state index in [2.05, 4.69) is 14.7 Å². The van der Waals surface area contributed by atoms with Crippen LogP contribution in [0.4, 0.5) is 5.00 Å². The molecule has 5 fully saturated rings. The molecular weight excluding hydrogens is 356 g/mol. The highest BCUT2D eigenvalue weighted by molar-refractivity contribution is 7.10. The Labute approximate surface area is 165 Å². The Morgan fingerprint density at radius 1 is 1.11 bits per heavy atom. The first-order valence-corrected chi connectivity index (χ1v) is 11.7. The van der Waals surface area contributed by atoms with Crippen LogP contribution in [-0.4, -0.2) is 22.3 Å². The maximum Gasteiger partial charge on any atom is 0.271 e. The van der Waals surface area contributed by atoms with Gasteiger partial charge in [0.25, 0.3) is 5.56 Å². The van der Waals surface area contributed by atoms with Crippen molar-refractivity contribution < 1.29 is 0 Å². The summed E-state index contributed by atoms with van der Waals surface area (Å²) in [5.74, 6) is 3.69. The number of anilines is 1. The first-order valence-electron chi connectivity index (χ1n) is 10.9. The van der Waals surface area contributed by atoms with Crippen molar-refractivity contribution in [3.8, 4) is 0 Å². The van der Waals surface area contributed by atoms with Crippen molar-refractivity contribution in [2.45, 2.75) is 76.2 Å². The molecule has 1 aromatic rings. The van der Waals surface area contributed by atoms with Crippen LogP contribution in [-0.2, 0) is 0 Å². The highest BCUT2D eigenvalue weighted by Crippen LogP contribution is 2.56. The lowest BCUT2D eigenvalue weighted by molar-refractivity contribution is 0.0108. The van der Waals surface area contributed by atoms with Gasteiger partial charge in [0.05, 0.1) is 0 Å². The Bertz CT molecular complexity index is 738. The molecule has 0 spiro atoms. The Morgan fingerprint density at radius 3 is 2.37 bits per heavy atom. The summed E-state index contributed by atoms with van der Waals surface area (Å²) in [4.78, 5) is 17.1. The third-order valence-electron chi connectivity index (χ3n) is 7.62. The second kappa shape index (κ2) is 6.94. The van der Waals surface area contributed by atoms with E-state index >= 15 is 0 Å². The fourth-order valence-corrected chi connectivity index (χ4v) is 7.67. The van der Waals surface area contributed by atoms with Crippen LogP contribution in [0, 0.1) is 23.7 Å². The van der Waals surface area contributed by atoms with E-state index in [9.17, 15) is 4.79 Å². The van der Waals surface area contributed by atoms with Gasteiger partial charge in [0.2, 0.25) is 0 Å². The number of nitrogens with zero attached hydrogens (tertiary/aromatic N) is 1. The molecule has 0 unspecified atom stereocenters. The van der Waals surface area contributed by atoms with Crippen molar-refractivity contribution in [3.63, 3.8) is 0 Å². The minimum absolute atomic E-state index is 0.0860. The molecule has 148 valence electrons. The smallest absolute Gasteiger partial charge is 0.271 e. The molecule has 27 heavy (non-hydrogen) atoms. The third-order valence-corrected chi connectivity index (χ3v) is 8.42. The number of nitrogens with one attached hydrogen (secondary N) is 2. The topological polar surface area (TPSA) is 83.3 Å². The van der Waals surface area contributed by atoms with Crippen LogP contribution < -0.4 is 16.6 Å². The van der Waals surface area contributed by atoms with Crippen LogP contribution >= 0.6 is 11.5 Å². The quantitative estimate of drug-likeness (QED) is 0.524. The average Bonchev–Trinajstić information content (AvgIpc) is 2.99. The second-order valence-corrected chi connectivity index (χ2v) is 10.6. The van der Waals surface area contributed by atoms with E-state index in [0.29, 0.717) is 17.3 Å². The molecule has 6 rings (SSSR count). The van der Waals surface area contributed by atoms with E-state index in [1.54, 1.807) is 0 Å². The van der Waals surface area contributed by atoms with Gasteiger partial charge in [0, 0.05) is 12.1 Å². The Hall–Kier alpha value is -1.30. The largest absolute Gasteiger partial charge is 0.383 e. The minimum Gasteiger partial charge on any atom is -0.383 e. The van der Waals surface area contributed by atoms with E-state index in [1.807, 2.05) is 0 Å². The lowest BCUT2D eigenvalue weighted by Crippen LogP contribution is -2.54. The molecule has 1 aromatic heterocycles. The highest BCUT2D eigenvalue weighted by Gasteiger charge is 2.51. The fourth-order valence-electron chi connectivity index (χ4n) is 6.80. The zero-order valence-corrected chi connectivity index (χ0v) is 17.0. The van der Waals surface area contributed by atoms with Gasteiger partial charge in [-0.15, -0.1) is 0 Å². The molecule has 4 bridgehead atoms. The summed E-state index contributed by atoms with van der Waals surface area (Å²) in [6.07, 6.45) is 14.5. The fraction of sp³-hybridized carbons (Fsp3) is 0.810. The molecule has 0 aliphatic heterocycles. The van der Waals surface area contributed by atoms with Crippen LogP contribution in [0.2, 0.25) is 0 Å². The van der Waals surface area contributed by atoms with Crippen molar-refractivity contribution >= 4 is 22.4 Å². The van der Waals surface area contributed by atoms with E-state index in [4.69, 9.17) is 5.73 Å². The Kier molecular flexibility index (Phi) is 4.57. The maximum absolute atomic E-state index is 12.5. The molecule has 5 nitrogen and oxygen atoms in total. The number of hydrogen-bond acceptors (Lipinski definition) is 4. The predicted molar refractivity (Wildman–Crippen MR) is 112 cm³/mol. The molecule has 6 heteroatoms. The summed E-state index contributed by atoms with van der Waals surface area (Å²) in [5.41, 5.74) is 7.00. The number of aromatic amines is 1. The molecule has 0 aromatic carbocycles. The summed E-state index contributed by atoms with van der Waals surface area (Å²) in [6.45, 7) is 0.762. The summed E-state index contributed by atoms with van der Waals surface area (Å²) < 4.78 is 2.90. The van der Waals surface area contributed by atoms with E-state index in [1.165, 1.54) is 82.2 Å². The summed E-state index contributed by atoms with van der Waals surface area (Å²) in [5, 5.41) is 4.74. The molecule has 4 N–H and O–H groups in total. The predicted octanol–water partition coefficient (Wildman–Crippen LogP) is 4.10. The third kappa shape index (κ3) is 3.45. The van der Waals surface area contributed by atoms with E-state index in [-0.39, 0.29) is 11.1 Å². The molecule has 1 heterocycles. The van der Waals surface area contributed by atoms with Gasteiger partial charge in [0.1, 0.15) is 16.4 Å².